The van der Waals surface area contributed by atoms with E-state index >= 15 is 0 Å². The largest absolute Gasteiger partial charge is 0.417 e. The van der Waals surface area contributed by atoms with Gasteiger partial charge in [-0.2, -0.15) is 24.9 Å². The fourth-order valence-electron chi connectivity index (χ4n) is 2.88. The number of aromatic nitrogens is 1. The van der Waals surface area contributed by atoms with Crippen LogP contribution in [0.1, 0.15) is 58.9 Å². The Balaban J connectivity index is 2.48. The molecule has 184 valence electrons. The van der Waals surface area contributed by atoms with Crippen molar-refractivity contribution >= 4 is 23.4 Å². The number of hydrogen-bond acceptors (Lipinski definition) is 5. The fraction of sp³-hybridized carbons (Fsp3) is 0.520. The summed E-state index contributed by atoms with van der Waals surface area (Å²) >= 11 is 1.51. The van der Waals surface area contributed by atoms with Gasteiger partial charge in [0.05, 0.1) is 11.6 Å². The fourth-order valence-corrected chi connectivity index (χ4v) is 3.92. The van der Waals surface area contributed by atoms with Crippen molar-refractivity contribution in [2.45, 2.75) is 65.6 Å². The molecule has 1 unspecified atom stereocenters. The minimum absolute atomic E-state index is 0.161. The molecule has 33 heavy (non-hydrogen) atoms. The maximum Gasteiger partial charge on any atom is 0.417 e. The van der Waals surface area contributed by atoms with E-state index in [9.17, 15) is 23.1 Å². The second kappa shape index (κ2) is 15.0. The van der Waals surface area contributed by atoms with Crippen LogP contribution in [0.25, 0.3) is 0 Å². The third-order valence-corrected chi connectivity index (χ3v) is 5.89. The third kappa shape index (κ3) is 12.7. The molecule has 0 amide bonds. The van der Waals surface area contributed by atoms with E-state index in [1.807, 2.05) is 0 Å². The summed E-state index contributed by atoms with van der Waals surface area (Å²) in [5.74, 6) is 0.800. The molecule has 4 nitrogen and oxygen atoms in total. The van der Waals surface area contributed by atoms with Gasteiger partial charge >= 0.3 is 6.18 Å². The molecule has 8 heteroatoms. The highest BCUT2D eigenvalue weighted by Crippen LogP contribution is 2.29. The summed E-state index contributed by atoms with van der Waals surface area (Å²) in [7, 11) is 0. The van der Waals surface area contributed by atoms with Gasteiger partial charge in [-0.3, -0.25) is 4.79 Å². The zero-order chi connectivity index (χ0) is 24.9. The first-order valence-corrected chi connectivity index (χ1v) is 12.1. The van der Waals surface area contributed by atoms with Gasteiger partial charge in [0.15, 0.2) is 5.78 Å². The topological polar surface area (TPSA) is 62.2 Å². The van der Waals surface area contributed by atoms with Gasteiger partial charge < -0.3 is 10.4 Å². The molecule has 1 aromatic heterocycles. The number of aliphatic hydroxyl groups excluding tert-OH is 1. The third-order valence-electron chi connectivity index (χ3n) is 4.91. The number of carbonyl (C=O) groups is 1. The first kappa shape index (κ1) is 29.0. The molecular formula is C25H35F3N2O2S. The highest BCUT2D eigenvalue weighted by atomic mass is 32.2. The van der Waals surface area contributed by atoms with E-state index in [4.69, 9.17) is 0 Å². The molecule has 1 heterocycles. The minimum Gasteiger partial charge on any atom is -0.388 e. The van der Waals surface area contributed by atoms with Crippen molar-refractivity contribution in [2.75, 3.05) is 23.4 Å². The van der Waals surface area contributed by atoms with E-state index in [1.165, 1.54) is 34.5 Å². The lowest BCUT2D eigenvalue weighted by atomic mass is 10.1. The molecule has 0 aliphatic rings. The molecule has 1 rings (SSSR count). The van der Waals surface area contributed by atoms with Crippen LogP contribution < -0.4 is 5.32 Å². The van der Waals surface area contributed by atoms with Crippen molar-refractivity contribution in [1.82, 2.24) is 4.98 Å². The number of carbonyl (C=O) groups excluding carboxylic acids is 1. The molecule has 0 bridgehead atoms. The Bertz CT molecular complexity index is 827. The molecule has 2 N–H and O–H groups in total. The van der Waals surface area contributed by atoms with Crippen LogP contribution in [0, 0.1) is 0 Å². The number of alkyl halides is 3. The molecule has 0 aliphatic carbocycles. The summed E-state index contributed by atoms with van der Waals surface area (Å²) in [4.78, 5) is 15.8. The summed E-state index contributed by atoms with van der Waals surface area (Å²) in [6.07, 6.45) is 7.00. The monoisotopic (exact) mass is 484 g/mol. The van der Waals surface area contributed by atoms with Gasteiger partial charge in [-0.05, 0) is 65.5 Å². The number of ketones is 1. The smallest absolute Gasteiger partial charge is 0.388 e. The SMILES string of the molecule is CC(C)=CCC/C(C)=C/CC/C(C)=C/CSCC(Nc1ccc(C(F)(F)F)cn1)C(=O)CO. The van der Waals surface area contributed by atoms with Gasteiger partial charge in [0.2, 0.25) is 0 Å². The number of thioether (sulfide) groups is 1. The standard InChI is InChI=1S/C25H35F3N2O2S/c1-18(2)7-5-8-19(3)9-6-10-20(4)13-14-33-17-22(23(32)16-31)30-24-12-11-21(15-29-24)25(26,27)28/h7,9,11-13,15,22,31H,5-6,8,10,14,16-17H2,1-4H3,(H,29,30)/b19-9+,20-13+. The number of nitrogens with one attached hydrogen (secondary N) is 1. The van der Waals surface area contributed by atoms with Crippen LogP contribution in [0.3, 0.4) is 0 Å². The van der Waals surface area contributed by atoms with Gasteiger partial charge in [-0.25, -0.2) is 4.98 Å². The van der Waals surface area contributed by atoms with Crippen LogP contribution >= 0.6 is 11.8 Å². The average molecular weight is 485 g/mol. The predicted octanol–water partition coefficient (Wildman–Crippen LogP) is 6.59. The van der Waals surface area contributed by atoms with Gasteiger partial charge in [0.1, 0.15) is 12.4 Å². The van der Waals surface area contributed by atoms with Crippen molar-refractivity contribution in [2.24, 2.45) is 0 Å². The van der Waals surface area contributed by atoms with E-state index in [2.05, 4.69) is 56.2 Å². The van der Waals surface area contributed by atoms with Gasteiger partial charge in [0, 0.05) is 17.7 Å². The number of rotatable bonds is 14. The van der Waals surface area contributed by atoms with Gasteiger partial charge in [-0.1, -0.05) is 34.9 Å². The maximum absolute atomic E-state index is 12.7. The quantitative estimate of drug-likeness (QED) is 0.230. The molecule has 0 saturated carbocycles. The van der Waals surface area contributed by atoms with Crippen LogP contribution in [0.4, 0.5) is 19.0 Å². The highest BCUT2D eigenvalue weighted by Gasteiger charge is 2.30. The molecule has 1 aromatic rings. The Morgan fingerprint density at radius 3 is 2.27 bits per heavy atom. The Morgan fingerprint density at radius 1 is 1.09 bits per heavy atom. The summed E-state index contributed by atoms with van der Waals surface area (Å²) < 4.78 is 38.0. The molecule has 0 aromatic carbocycles. The Morgan fingerprint density at radius 2 is 1.73 bits per heavy atom. The maximum atomic E-state index is 12.7. The van der Waals surface area contributed by atoms with E-state index < -0.39 is 30.2 Å². The zero-order valence-corrected chi connectivity index (χ0v) is 20.7. The van der Waals surface area contributed by atoms with E-state index in [-0.39, 0.29) is 5.82 Å². The summed E-state index contributed by atoms with van der Waals surface area (Å²) in [6.45, 7) is 7.80. The highest BCUT2D eigenvalue weighted by molar-refractivity contribution is 7.99. The molecule has 0 radical (unpaired) electrons. The molecule has 1 atom stereocenters. The number of halogens is 3. The Kier molecular flexibility index (Phi) is 13.1. The van der Waals surface area contributed by atoms with Crippen molar-refractivity contribution in [1.29, 1.82) is 0 Å². The van der Waals surface area contributed by atoms with Crippen LogP contribution in [0.5, 0.6) is 0 Å². The second-order valence-electron chi connectivity index (χ2n) is 8.25. The van der Waals surface area contributed by atoms with Crippen molar-refractivity contribution in [3.63, 3.8) is 0 Å². The molecule has 0 saturated heterocycles. The number of pyridine rings is 1. The van der Waals surface area contributed by atoms with Crippen LogP contribution in [-0.2, 0) is 11.0 Å². The lowest BCUT2D eigenvalue weighted by Crippen LogP contribution is -2.34. The molecule has 0 spiro atoms. The van der Waals surface area contributed by atoms with Crippen molar-refractivity contribution in [3.05, 3.63) is 58.8 Å². The van der Waals surface area contributed by atoms with E-state index in [0.29, 0.717) is 11.5 Å². The average Bonchev–Trinajstić information content (AvgIpc) is 2.74. The number of allylic oxidation sites excluding steroid dienone is 5. The number of aliphatic hydroxyl groups is 1. The lowest BCUT2D eigenvalue weighted by Gasteiger charge is -2.17. The zero-order valence-electron chi connectivity index (χ0n) is 19.8. The van der Waals surface area contributed by atoms with E-state index in [0.717, 1.165) is 37.9 Å². The summed E-state index contributed by atoms with van der Waals surface area (Å²) in [6, 6.07) is 1.36. The normalized spacial score (nSPS) is 13.6. The van der Waals surface area contributed by atoms with Crippen LogP contribution in [-0.4, -0.2) is 40.0 Å². The van der Waals surface area contributed by atoms with Crippen LogP contribution in [0.15, 0.2) is 53.3 Å². The van der Waals surface area contributed by atoms with Crippen molar-refractivity contribution < 1.29 is 23.1 Å². The Labute approximate surface area is 199 Å². The second-order valence-corrected chi connectivity index (χ2v) is 9.32. The predicted molar refractivity (Wildman–Crippen MR) is 131 cm³/mol. The lowest BCUT2D eigenvalue weighted by molar-refractivity contribution is -0.137. The van der Waals surface area contributed by atoms with Gasteiger partial charge in [0.25, 0.3) is 0 Å². The van der Waals surface area contributed by atoms with Crippen LogP contribution in [0.2, 0.25) is 0 Å². The molecule has 0 fully saturated rings. The Hall–Kier alpha value is -2.06. The summed E-state index contributed by atoms with van der Waals surface area (Å²) in [5.41, 5.74) is 3.14. The summed E-state index contributed by atoms with van der Waals surface area (Å²) in [5, 5.41) is 12.0. The minimum atomic E-state index is -4.47. The van der Waals surface area contributed by atoms with Gasteiger partial charge in [-0.15, -0.1) is 0 Å². The first-order chi connectivity index (χ1) is 15.5. The first-order valence-electron chi connectivity index (χ1n) is 11.0. The number of Topliss-reactive ketones (excluding diaryl/α,β-unsaturated/α-hetero) is 1. The molecule has 0 aliphatic heterocycles. The van der Waals surface area contributed by atoms with Crippen molar-refractivity contribution in [3.8, 4) is 0 Å². The number of anilines is 1. The number of nitrogens with zero attached hydrogens (tertiary/aromatic N) is 1. The molecular weight excluding hydrogens is 449 g/mol. The van der Waals surface area contributed by atoms with E-state index in [1.54, 1.807) is 0 Å². The number of hydrogen-bond donors (Lipinski definition) is 2.